The maximum Gasteiger partial charge on any atom is 0.164 e. The maximum absolute atomic E-state index is 7.37. The molecule has 0 saturated carbocycles. The standard InChI is InChI=1S/C98H52N10O4S2/c1-4-20-54(21-5-1)84-89-86(66-28-12-16-36-79(66)113-89)101-94(99-84)60-43-46-65-78(52-60)112-88-61(47-48-70(83(65)88)98-104-91(56-22-6-2-7-23-56)103-95(107-98)58-44-49-74-71(50-58)62-26-10-14-32-72(62)109-74)53-38-40-55(41-39-53)85-90-87(67-29-13-17-37-80(67)114-90)102-93(100-85)59-42-45-64-77(51-59)111-76-35-19-31-69(82(64)76)97-106-92(57-24-8-3-9-25-57)105-96(108-97)68-30-18-34-75-81(68)63-27-11-15-33-73(63)110-75/h1-52H. The van der Waals surface area contributed by atoms with Gasteiger partial charge >= 0.3 is 0 Å². The summed E-state index contributed by atoms with van der Waals surface area (Å²) in [5.74, 6) is 4.26. The zero-order valence-electron chi connectivity index (χ0n) is 59.9. The first-order chi connectivity index (χ1) is 56.4. The van der Waals surface area contributed by atoms with Gasteiger partial charge in [-0.2, -0.15) is 0 Å². The SMILES string of the molecule is c1ccc(-c2nc(-c3cccc4oc5ccccc5c34)nc(-c3cccc4oc5cc(-c6nc(-c7ccc(-c8ccc(-c9nc(-c%10ccccc%10)nc(-c%10ccc%11oc%12ccccc%12c%11c%10)n9)c9c8oc8cc(-c%10nc(-c%11ccccc%11)c%11sc%12ccccc%12c%11n%10)ccc89)cc7)c7sc8ccccc8c7n6)ccc5c34)n2)cc1. The second-order valence-corrected chi connectivity index (χ2v) is 30.5. The summed E-state index contributed by atoms with van der Waals surface area (Å²) < 4.78 is 31.2. The number of hydrogen-bond acceptors (Lipinski definition) is 16. The number of benzene rings is 14. The summed E-state index contributed by atoms with van der Waals surface area (Å²) in [5, 5.41) is 9.51. The third-order valence-electron chi connectivity index (χ3n) is 21.7. The summed E-state index contributed by atoms with van der Waals surface area (Å²) in [7, 11) is 0. The molecule has 0 fully saturated rings. The molecule has 530 valence electrons. The molecule has 0 aliphatic rings. The quantitative estimate of drug-likeness (QED) is 0.119. The molecule has 0 aliphatic carbocycles. The van der Waals surface area contributed by atoms with Crippen molar-refractivity contribution in [2.24, 2.45) is 0 Å². The molecule has 114 heavy (non-hydrogen) atoms. The Hall–Kier alpha value is -15.1. The van der Waals surface area contributed by atoms with Crippen LogP contribution in [0.2, 0.25) is 0 Å². The van der Waals surface area contributed by atoms with Crippen molar-refractivity contribution in [1.82, 2.24) is 49.8 Å². The Morgan fingerprint density at radius 1 is 0.193 bits per heavy atom. The number of hydrogen-bond donors (Lipinski definition) is 0. The van der Waals surface area contributed by atoms with E-state index in [0.29, 0.717) is 68.9 Å². The molecule has 0 unspecified atom stereocenters. The number of furan rings is 4. The van der Waals surface area contributed by atoms with Gasteiger partial charge in [-0.1, -0.05) is 224 Å². The minimum absolute atomic E-state index is 0.484. The fourth-order valence-electron chi connectivity index (χ4n) is 16.3. The van der Waals surface area contributed by atoms with Crippen molar-refractivity contribution in [3.05, 3.63) is 315 Å². The van der Waals surface area contributed by atoms with Crippen molar-refractivity contribution >= 4 is 151 Å². The van der Waals surface area contributed by atoms with Crippen LogP contribution in [0.4, 0.5) is 0 Å². The van der Waals surface area contributed by atoms with Crippen LogP contribution in [0.1, 0.15) is 0 Å². The highest BCUT2D eigenvalue weighted by molar-refractivity contribution is 7.26. The first-order valence-electron chi connectivity index (χ1n) is 37.4. The van der Waals surface area contributed by atoms with Gasteiger partial charge in [0.2, 0.25) is 0 Å². The highest BCUT2D eigenvalue weighted by Crippen LogP contribution is 2.48. The van der Waals surface area contributed by atoms with Crippen LogP contribution in [0.5, 0.6) is 0 Å². The van der Waals surface area contributed by atoms with Crippen LogP contribution in [0, 0.1) is 0 Å². The van der Waals surface area contributed by atoms with Crippen LogP contribution in [0.25, 0.3) is 253 Å². The summed E-state index contributed by atoms with van der Waals surface area (Å²) in [6.07, 6.45) is 0. The van der Waals surface area contributed by atoms with Gasteiger partial charge in [-0.15, -0.1) is 22.7 Å². The number of nitrogens with zero attached hydrogens (tertiary/aromatic N) is 10. The Morgan fingerprint density at radius 3 is 1.15 bits per heavy atom. The molecule has 16 heteroatoms. The van der Waals surface area contributed by atoms with Gasteiger partial charge in [0.15, 0.2) is 46.6 Å². The van der Waals surface area contributed by atoms with E-state index in [1.54, 1.807) is 22.7 Å². The highest BCUT2D eigenvalue weighted by atomic mass is 32.1. The predicted octanol–water partition coefficient (Wildman–Crippen LogP) is 26.3. The van der Waals surface area contributed by atoms with E-state index in [1.807, 2.05) is 146 Å². The second-order valence-electron chi connectivity index (χ2n) is 28.4. The van der Waals surface area contributed by atoms with Crippen LogP contribution in [0.3, 0.4) is 0 Å². The van der Waals surface area contributed by atoms with Gasteiger partial charge in [0, 0.05) is 124 Å². The first kappa shape index (κ1) is 63.8. The number of aromatic nitrogens is 10. The van der Waals surface area contributed by atoms with Crippen molar-refractivity contribution in [3.8, 4) is 125 Å². The van der Waals surface area contributed by atoms with Gasteiger partial charge in [0.05, 0.1) is 31.8 Å². The van der Waals surface area contributed by atoms with Crippen molar-refractivity contribution < 1.29 is 17.7 Å². The molecular weight excluding hydrogens is 1450 g/mol. The smallest absolute Gasteiger partial charge is 0.164 e. The molecule has 0 aliphatic heterocycles. The molecule has 14 aromatic carbocycles. The third kappa shape index (κ3) is 10.2. The molecule has 24 aromatic rings. The molecule has 10 heterocycles. The van der Waals surface area contributed by atoms with E-state index < -0.39 is 0 Å². The van der Waals surface area contributed by atoms with E-state index in [4.69, 9.17) is 67.5 Å². The van der Waals surface area contributed by atoms with E-state index in [9.17, 15) is 0 Å². The largest absolute Gasteiger partial charge is 0.456 e. The number of rotatable bonds is 11. The Kier molecular flexibility index (Phi) is 14.1. The monoisotopic (exact) mass is 1500 g/mol. The molecule has 14 nitrogen and oxygen atoms in total. The number of fused-ring (bicyclic) bond motifs is 18. The van der Waals surface area contributed by atoms with Gasteiger partial charge in [0.25, 0.3) is 0 Å². The summed E-state index contributed by atoms with van der Waals surface area (Å²) in [6, 6.07) is 107. The lowest BCUT2D eigenvalue weighted by molar-refractivity contribution is 0.668. The van der Waals surface area contributed by atoms with E-state index in [-0.39, 0.29) is 0 Å². The maximum atomic E-state index is 7.37. The summed E-state index contributed by atoms with van der Waals surface area (Å²) in [5.41, 5.74) is 19.5. The lowest BCUT2D eigenvalue weighted by atomic mass is 9.96. The van der Waals surface area contributed by atoms with Gasteiger partial charge < -0.3 is 17.7 Å². The van der Waals surface area contributed by atoms with E-state index in [2.05, 4.69) is 170 Å². The molecule has 10 aromatic heterocycles. The molecule has 0 saturated heterocycles. The third-order valence-corrected chi connectivity index (χ3v) is 24.0. The Bertz CT molecular complexity index is 8130. The molecule has 0 bridgehead atoms. The second kappa shape index (κ2) is 25.2. The van der Waals surface area contributed by atoms with E-state index in [1.165, 1.54) is 0 Å². The Labute approximate surface area is 654 Å². The van der Waals surface area contributed by atoms with Crippen molar-refractivity contribution in [2.75, 3.05) is 0 Å². The fraction of sp³-hybridized carbons (Fsp3) is 0. The average molecular weight is 1500 g/mol. The van der Waals surface area contributed by atoms with Gasteiger partial charge in [-0.25, -0.2) is 49.8 Å². The zero-order chi connectivity index (χ0) is 74.6. The predicted molar refractivity (Wildman–Crippen MR) is 459 cm³/mol. The van der Waals surface area contributed by atoms with E-state index in [0.717, 1.165) is 184 Å². The number of thiophene rings is 2. The Balaban J connectivity index is 0.650. The molecule has 0 radical (unpaired) electrons. The average Bonchev–Trinajstić information content (AvgIpc) is 1.57. The topological polar surface area (TPSA) is 181 Å². The molecule has 0 spiro atoms. The van der Waals surface area contributed by atoms with Gasteiger partial charge in [-0.05, 0) is 96.6 Å². The highest BCUT2D eigenvalue weighted by Gasteiger charge is 2.27. The van der Waals surface area contributed by atoms with Crippen LogP contribution >= 0.6 is 22.7 Å². The fourth-order valence-corrected chi connectivity index (χ4v) is 18.6. The minimum Gasteiger partial charge on any atom is -0.456 e. The van der Waals surface area contributed by atoms with Gasteiger partial charge in [0.1, 0.15) is 44.7 Å². The van der Waals surface area contributed by atoms with Crippen molar-refractivity contribution in [2.45, 2.75) is 0 Å². The molecule has 24 rings (SSSR count). The molecular formula is C98H52N10O4S2. The minimum atomic E-state index is 0.484. The lowest BCUT2D eigenvalue weighted by Gasteiger charge is -2.11. The van der Waals surface area contributed by atoms with E-state index >= 15 is 0 Å². The van der Waals surface area contributed by atoms with Crippen molar-refractivity contribution in [1.29, 1.82) is 0 Å². The first-order valence-corrected chi connectivity index (χ1v) is 39.0. The summed E-state index contributed by atoms with van der Waals surface area (Å²) >= 11 is 3.40. The number of para-hydroxylation sites is 2. The van der Waals surface area contributed by atoms with Crippen LogP contribution in [-0.4, -0.2) is 49.8 Å². The summed E-state index contributed by atoms with van der Waals surface area (Å²) in [4.78, 5) is 53.4. The van der Waals surface area contributed by atoms with Crippen molar-refractivity contribution in [3.63, 3.8) is 0 Å². The van der Waals surface area contributed by atoms with Gasteiger partial charge in [-0.3, -0.25) is 0 Å². The van der Waals surface area contributed by atoms with Crippen LogP contribution < -0.4 is 0 Å². The van der Waals surface area contributed by atoms with Crippen LogP contribution in [-0.2, 0) is 0 Å². The molecule has 0 atom stereocenters. The Morgan fingerprint density at radius 2 is 0.561 bits per heavy atom. The lowest BCUT2D eigenvalue weighted by Crippen LogP contribution is -2.00. The zero-order valence-corrected chi connectivity index (χ0v) is 61.6. The molecule has 0 amide bonds. The van der Waals surface area contributed by atoms with Crippen LogP contribution in [0.15, 0.2) is 333 Å². The normalized spacial score (nSPS) is 12.0. The molecule has 0 N–H and O–H groups in total. The summed E-state index contributed by atoms with van der Waals surface area (Å²) in [6.45, 7) is 0.